The van der Waals surface area contributed by atoms with Crippen LogP contribution in [0, 0.1) is 11.7 Å². The van der Waals surface area contributed by atoms with Gasteiger partial charge in [-0.15, -0.1) is 0 Å². The molecular formula is C21H28FN3O. The van der Waals surface area contributed by atoms with Crippen molar-refractivity contribution in [1.29, 1.82) is 0 Å². The van der Waals surface area contributed by atoms with Crippen LogP contribution in [-0.2, 0) is 0 Å². The molecule has 0 atom stereocenters. The van der Waals surface area contributed by atoms with Crippen LogP contribution < -0.4 is 5.32 Å². The first kappa shape index (κ1) is 17.5. The Morgan fingerprint density at radius 1 is 1.12 bits per heavy atom. The molecule has 4 rings (SSSR count). The van der Waals surface area contributed by atoms with Gasteiger partial charge in [0.2, 0.25) is 0 Å². The molecule has 1 aromatic heterocycles. The van der Waals surface area contributed by atoms with E-state index in [9.17, 15) is 9.18 Å². The zero-order valence-electron chi connectivity index (χ0n) is 15.3. The van der Waals surface area contributed by atoms with E-state index in [1.54, 1.807) is 12.1 Å². The van der Waals surface area contributed by atoms with E-state index in [0.29, 0.717) is 5.69 Å². The highest BCUT2D eigenvalue weighted by Crippen LogP contribution is 2.25. The minimum absolute atomic E-state index is 0.0904. The van der Waals surface area contributed by atoms with Crippen LogP contribution >= 0.6 is 0 Å². The van der Waals surface area contributed by atoms with Crippen molar-refractivity contribution in [2.24, 2.45) is 5.92 Å². The van der Waals surface area contributed by atoms with Gasteiger partial charge in [-0.3, -0.25) is 4.79 Å². The van der Waals surface area contributed by atoms with Gasteiger partial charge >= 0.3 is 0 Å². The second kappa shape index (κ2) is 7.78. The summed E-state index contributed by atoms with van der Waals surface area (Å²) in [4.78, 5) is 18.2. The number of amides is 1. The minimum atomic E-state index is -0.284. The highest BCUT2D eigenvalue weighted by molar-refractivity contribution is 5.98. The van der Waals surface area contributed by atoms with Crippen LogP contribution in [0.2, 0.25) is 0 Å². The minimum Gasteiger partial charge on any atom is -0.351 e. The van der Waals surface area contributed by atoms with Crippen LogP contribution in [0.3, 0.4) is 0 Å². The molecule has 140 valence electrons. The topological polar surface area (TPSA) is 48.1 Å². The first-order chi connectivity index (χ1) is 12.7. The normalized spacial score (nSPS) is 20.5. The van der Waals surface area contributed by atoms with Crippen molar-refractivity contribution in [2.75, 3.05) is 19.6 Å². The number of carbonyl (C=O) groups is 1. The lowest BCUT2D eigenvalue weighted by molar-refractivity contribution is 0.0897. The van der Waals surface area contributed by atoms with E-state index in [1.165, 1.54) is 50.8 Å². The number of nitrogens with zero attached hydrogens (tertiary/aromatic N) is 1. The number of halogens is 1. The van der Waals surface area contributed by atoms with Crippen molar-refractivity contribution in [3.63, 3.8) is 0 Å². The number of rotatable bonds is 4. The van der Waals surface area contributed by atoms with Gasteiger partial charge < -0.3 is 15.2 Å². The molecule has 5 heteroatoms. The number of H-pyrrole nitrogens is 1. The number of piperidine rings is 1. The molecule has 26 heavy (non-hydrogen) atoms. The Morgan fingerprint density at radius 2 is 1.88 bits per heavy atom. The van der Waals surface area contributed by atoms with Crippen molar-refractivity contribution in [1.82, 2.24) is 15.2 Å². The lowest BCUT2D eigenvalue weighted by Gasteiger charge is -2.35. The van der Waals surface area contributed by atoms with Gasteiger partial charge in [0.05, 0.1) is 0 Å². The molecule has 1 saturated heterocycles. The summed E-state index contributed by atoms with van der Waals surface area (Å²) in [6.45, 7) is 3.37. The summed E-state index contributed by atoms with van der Waals surface area (Å²) in [5, 5.41) is 3.88. The monoisotopic (exact) mass is 357 g/mol. The first-order valence-electron chi connectivity index (χ1n) is 9.99. The highest BCUT2D eigenvalue weighted by Gasteiger charge is 2.24. The van der Waals surface area contributed by atoms with Crippen molar-refractivity contribution < 1.29 is 9.18 Å². The molecule has 2 aliphatic rings. The van der Waals surface area contributed by atoms with E-state index < -0.39 is 0 Å². The average molecular weight is 357 g/mol. The predicted octanol–water partition coefficient (Wildman–Crippen LogP) is 4.08. The van der Waals surface area contributed by atoms with Crippen LogP contribution in [0.5, 0.6) is 0 Å². The fraction of sp³-hybridized carbons (Fsp3) is 0.571. The molecule has 0 bridgehead atoms. The van der Waals surface area contributed by atoms with Gasteiger partial charge in [-0.1, -0.05) is 19.3 Å². The third-order valence-corrected chi connectivity index (χ3v) is 5.99. The molecule has 0 unspecified atom stereocenters. The second-order valence-electron chi connectivity index (χ2n) is 7.97. The van der Waals surface area contributed by atoms with E-state index in [1.807, 2.05) is 0 Å². The zero-order valence-corrected chi connectivity index (χ0v) is 15.3. The smallest absolute Gasteiger partial charge is 0.267 e. The number of likely N-dealkylation sites (tertiary alicyclic amines) is 1. The van der Waals surface area contributed by atoms with E-state index in [0.717, 1.165) is 42.8 Å². The Bertz CT molecular complexity index is 758. The van der Waals surface area contributed by atoms with Gasteiger partial charge in [-0.25, -0.2) is 4.39 Å². The molecule has 1 aliphatic carbocycles. The third kappa shape index (κ3) is 4.09. The van der Waals surface area contributed by atoms with Gasteiger partial charge in [0.1, 0.15) is 11.5 Å². The SMILES string of the molecule is O=C(NC1CCN(CC2CCCCC2)CC1)c1cc2cc(F)ccc2[nH]1. The van der Waals surface area contributed by atoms with E-state index in [2.05, 4.69) is 15.2 Å². The number of aromatic nitrogens is 1. The van der Waals surface area contributed by atoms with Gasteiger partial charge in [0, 0.05) is 36.6 Å². The summed E-state index contributed by atoms with van der Waals surface area (Å²) in [7, 11) is 0. The number of benzene rings is 1. The van der Waals surface area contributed by atoms with Crippen molar-refractivity contribution in [2.45, 2.75) is 51.0 Å². The molecule has 0 radical (unpaired) electrons. The first-order valence-corrected chi connectivity index (χ1v) is 9.99. The number of hydrogen-bond donors (Lipinski definition) is 2. The number of fused-ring (bicyclic) bond motifs is 1. The van der Waals surface area contributed by atoms with Crippen LogP contribution in [0.15, 0.2) is 24.3 Å². The standard InChI is InChI=1S/C21H28FN3O/c22-17-6-7-19-16(12-17)13-20(24-19)21(26)23-18-8-10-25(11-9-18)14-15-4-2-1-3-5-15/h6-7,12-13,15,18,24H,1-5,8-11,14H2,(H,23,26). The van der Waals surface area contributed by atoms with Crippen LogP contribution in [-0.4, -0.2) is 41.5 Å². The molecule has 1 saturated carbocycles. The molecular weight excluding hydrogens is 329 g/mol. The summed E-state index contributed by atoms with van der Waals surface area (Å²) < 4.78 is 13.3. The van der Waals surface area contributed by atoms with E-state index >= 15 is 0 Å². The summed E-state index contributed by atoms with van der Waals surface area (Å²) in [5.74, 6) is 0.503. The summed E-state index contributed by atoms with van der Waals surface area (Å²) in [6, 6.07) is 6.49. The number of hydrogen-bond acceptors (Lipinski definition) is 2. The van der Waals surface area contributed by atoms with Gasteiger partial charge in [-0.05, 0) is 55.9 Å². The highest BCUT2D eigenvalue weighted by atomic mass is 19.1. The van der Waals surface area contributed by atoms with Gasteiger partial charge in [0.15, 0.2) is 0 Å². The van der Waals surface area contributed by atoms with Crippen molar-refractivity contribution in [3.05, 3.63) is 35.8 Å². The molecule has 2 fully saturated rings. The predicted molar refractivity (Wildman–Crippen MR) is 102 cm³/mol. The van der Waals surface area contributed by atoms with Crippen LogP contribution in [0.25, 0.3) is 10.9 Å². The number of aromatic amines is 1. The van der Waals surface area contributed by atoms with Crippen molar-refractivity contribution in [3.8, 4) is 0 Å². The zero-order chi connectivity index (χ0) is 17.9. The average Bonchev–Trinajstić information content (AvgIpc) is 3.07. The summed E-state index contributed by atoms with van der Waals surface area (Å²) in [6.07, 6.45) is 8.98. The molecule has 2 N–H and O–H groups in total. The maximum Gasteiger partial charge on any atom is 0.267 e. The van der Waals surface area contributed by atoms with Crippen molar-refractivity contribution >= 4 is 16.8 Å². The van der Waals surface area contributed by atoms with Gasteiger partial charge in [-0.2, -0.15) is 0 Å². The van der Waals surface area contributed by atoms with E-state index in [4.69, 9.17) is 0 Å². The lowest BCUT2D eigenvalue weighted by atomic mass is 9.88. The number of carbonyl (C=O) groups excluding carboxylic acids is 1. The summed E-state index contributed by atoms with van der Waals surface area (Å²) in [5.41, 5.74) is 1.30. The molecule has 1 aliphatic heterocycles. The Labute approximate surface area is 154 Å². The molecule has 2 heterocycles. The molecule has 1 amide bonds. The largest absolute Gasteiger partial charge is 0.351 e. The maximum atomic E-state index is 13.3. The molecule has 0 spiro atoms. The Balaban J connectivity index is 1.28. The van der Waals surface area contributed by atoms with Crippen LogP contribution in [0.1, 0.15) is 55.4 Å². The Hall–Kier alpha value is -1.88. The van der Waals surface area contributed by atoms with Gasteiger partial charge in [0.25, 0.3) is 5.91 Å². The molecule has 1 aromatic carbocycles. The van der Waals surface area contributed by atoms with E-state index in [-0.39, 0.29) is 17.8 Å². The molecule has 4 nitrogen and oxygen atoms in total. The van der Waals surface area contributed by atoms with Crippen LogP contribution in [0.4, 0.5) is 4.39 Å². The summed E-state index contributed by atoms with van der Waals surface area (Å²) >= 11 is 0. The maximum absolute atomic E-state index is 13.3. The number of nitrogens with one attached hydrogen (secondary N) is 2. The Kier molecular flexibility index (Phi) is 5.25. The lowest BCUT2D eigenvalue weighted by Crippen LogP contribution is -2.46. The molecule has 2 aromatic rings. The third-order valence-electron chi connectivity index (χ3n) is 5.99. The fourth-order valence-electron chi connectivity index (χ4n) is 4.48. The fourth-order valence-corrected chi connectivity index (χ4v) is 4.48. The Morgan fingerprint density at radius 3 is 2.65 bits per heavy atom. The quantitative estimate of drug-likeness (QED) is 0.866. The second-order valence-corrected chi connectivity index (χ2v) is 7.97.